The minimum Gasteiger partial charge on any atom is -0.495 e. The molecule has 0 aliphatic carbocycles. The van der Waals surface area contributed by atoms with Gasteiger partial charge in [-0.05, 0) is 34.4 Å². The molecule has 1 N–H and O–H groups in total. The van der Waals surface area contributed by atoms with Crippen molar-refractivity contribution in [1.29, 1.82) is 0 Å². The second-order valence-corrected chi connectivity index (χ2v) is 8.98. The molecule has 0 radical (unpaired) electrons. The maximum absolute atomic E-state index is 14.5. The summed E-state index contributed by atoms with van der Waals surface area (Å²) in [5.41, 5.74) is 1.88. The summed E-state index contributed by atoms with van der Waals surface area (Å²) in [5.74, 6) is -0.366. The number of benzene rings is 4. The summed E-state index contributed by atoms with van der Waals surface area (Å²) in [6, 6.07) is 33.0. The number of esters is 1. The molecule has 0 bridgehead atoms. The Balaban J connectivity index is 1.82. The van der Waals surface area contributed by atoms with Crippen molar-refractivity contribution in [3.63, 3.8) is 0 Å². The van der Waals surface area contributed by atoms with Gasteiger partial charge in [-0.2, -0.15) is 0 Å². The molecule has 37 heavy (non-hydrogen) atoms. The summed E-state index contributed by atoms with van der Waals surface area (Å²) < 4.78 is 10.3. The average molecular weight is 514 g/mol. The van der Waals surface area contributed by atoms with E-state index >= 15 is 0 Å². The minimum absolute atomic E-state index is 0.191. The van der Waals surface area contributed by atoms with E-state index < -0.39 is 17.4 Å². The van der Waals surface area contributed by atoms with E-state index in [2.05, 4.69) is 5.32 Å². The van der Waals surface area contributed by atoms with Gasteiger partial charge in [-0.3, -0.25) is 4.79 Å². The Labute approximate surface area is 222 Å². The molecule has 0 aromatic heterocycles. The first-order valence-electron chi connectivity index (χ1n) is 11.9. The van der Waals surface area contributed by atoms with Gasteiger partial charge in [0.2, 0.25) is 5.91 Å². The van der Waals surface area contributed by atoms with Crippen LogP contribution >= 0.6 is 11.6 Å². The molecule has 6 heteroatoms. The first-order valence-corrected chi connectivity index (χ1v) is 12.3. The number of carbonyl (C=O) groups is 2. The zero-order valence-corrected chi connectivity index (χ0v) is 21.4. The van der Waals surface area contributed by atoms with E-state index in [9.17, 15) is 9.59 Å². The Morgan fingerprint density at radius 2 is 1.27 bits per heavy atom. The second kappa shape index (κ2) is 11.8. The van der Waals surface area contributed by atoms with Crippen LogP contribution in [0.4, 0.5) is 0 Å². The van der Waals surface area contributed by atoms with Gasteiger partial charge in [-0.15, -0.1) is 0 Å². The number of hydrogen-bond donors (Lipinski definition) is 1. The third-order valence-corrected chi connectivity index (χ3v) is 6.70. The Bertz CT molecular complexity index is 1250. The van der Waals surface area contributed by atoms with Crippen LogP contribution in [-0.4, -0.2) is 32.1 Å². The van der Waals surface area contributed by atoms with Gasteiger partial charge in [0.1, 0.15) is 17.2 Å². The molecule has 0 unspecified atom stereocenters. The van der Waals surface area contributed by atoms with Crippen molar-refractivity contribution in [2.45, 2.75) is 17.9 Å². The predicted octanol–water partition coefficient (Wildman–Crippen LogP) is 5.58. The highest BCUT2D eigenvalue weighted by Crippen LogP contribution is 2.39. The van der Waals surface area contributed by atoms with Gasteiger partial charge in [0.25, 0.3) is 0 Å². The fourth-order valence-corrected chi connectivity index (χ4v) is 4.91. The van der Waals surface area contributed by atoms with Crippen molar-refractivity contribution < 1.29 is 19.1 Å². The van der Waals surface area contributed by atoms with Crippen LogP contribution < -0.4 is 10.1 Å². The van der Waals surface area contributed by atoms with Gasteiger partial charge in [0.15, 0.2) is 0 Å². The lowest BCUT2D eigenvalue weighted by atomic mass is 9.68. The molecule has 1 amide bonds. The standard InChI is InChI=1S/C31H28ClNO4/c1-36-28-19-18-22(20-26(28)32)21-27(29(34)37-2)33-30(35)31(23-12-6-3-7-13-23,24-14-8-4-9-15-24)25-16-10-5-11-17-25/h3-20,27H,21H2,1-2H3,(H,33,35)/t27-/m1/s1. The van der Waals surface area contributed by atoms with Crippen LogP contribution in [0.3, 0.4) is 0 Å². The van der Waals surface area contributed by atoms with Gasteiger partial charge in [0, 0.05) is 6.42 Å². The normalized spacial score (nSPS) is 11.9. The predicted molar refractivity (Wildman–Crippen MR) is 145 cm³/mol. The Kier molecular flexibility index (Phi) is 8.26. The first kappa shape index (κ1) is 26.0. The molecule has 5 nitrogen and oxygen atoms in total. The van der Waals surface area contributed by atoms with Gasteiger partial charge < -0.3 is 14.8 Å². The molecule has 4 rings (SSSR count). The summed E-state index contributed by atoms with van der Waals surface area (Å²) in [5, 5.41) is 3.43. The van der Waals surface area contributed by atoms with Crippen molar-refractivity contribution in [2.75, 3.05) is 14.2 Å². The maximum atomic E-state index is 14.5. The van der Waals surface area contributed by atoms with Crippen LogP contribution in [0.5, 0.6) is 5.75 Å². The lowest BCUT2D eigenvalue weighted by molar-refractivity contribution is -0.145. The number of hydrogen-bond acceptors (Lipinski definition) is 4. The van der Waals surface area contributed by atoms with E-state index in [1.807, 2.05) is 97.1 Å². The van der Waals surface area contributed by atoms with Crippen LogP contribution in [0.2, 0.25) is 5.02 Å². The molecule has 0 aliphatic heterocycles. The summed E-state index contributed by atoms with van der Waals surface area (Å²) in [6.45, 7) is 0. The molecule has 188 valence electrons. The lowest BCUT2D eigenvalue weighted by Crippen LogP contribution is -2.52. The highest BCUT2D eigenvalue weighted by atomic mass is 35.5. The van der Waals surface area contributed by atoms with Crippen LogP contribution in [0.15, 0.2) is 109 Å². The van der Waals surface area contributed by atoms with Gasteiger partial charge in [-0.1, -0.05) is 109 Å². The molecule has 4 aromatic rings. The number of nitrogens with one attached hydrogen (secondary N) is 1. The second-order valence-electron chi connectivity index (χ2n) is 8.57. The number of ether oxygens (including phenoxy) is 2. The van der Waals surface area contributed by atoms with E-state index in [4.69, 9.17) is 21.1 Å². The van der Waals surface area contributed by atoms with E-state index in [1.165, 1.54) is 14.2 Å². The fraction of sp³-hybridized carbons (Fsp3) is 0.161. The molecule has 1 atom stereocenters. The summed E-state index contributed by atoms with van der Waals surface area (Å²) in [4.78, 5) is 27.4. The number of rotatable bonds is 9. The van der Waals surface area contributed by atoms with Gasteiger partial charge >= 0.3 is 5.97 Å². The van der Waals surface area contributed by atoms with Gasteiger partial charge in [-0.25, -0.2) is 4.79 Å². The molecule has 4 aromatic carbocycles. The van der Waals surface area contributed by atoms with Crippen molar-refractivity contribution >= 4 is 23.5 Å². The molecular formula is C31H28ClNO4. The average Bonchev–Trinajstić information content (AvgIpc) is 2.94. The highest BCUT2D eigenvalue weighted by molar-refractivity contribution is 6.32. The summed E-state index contributed by atoms with van der Waals surface area (Å²) in [6.07, 6.45) is 0.191. The number of carbonyl (C=O) groups excluding carboxylic acids is 2. The van der Waals surface area contributed by atoms with Crippen LogP contribution in [0.1, 0.15) is 22.3 Å². The topological polar surface area (TPSA) is 64.6 Å². The fourth-order valence-electron chi connectivity index (χ4n) is 4.63. The van der Waals surface area contributed by atoms with Crippen LogP contribution in [0, 0.1) is 0 Å². The van der Waals surface area contributed by atoms with Gasteiger partial charge in [0.05, 0.1) is 19.2 Å². The summed E-state index contributed by atoms with van der Waals surface area (Å²) in [7, 11) is 2.84. The van der Waals surface area contributed by atoms with Crippen molar-refractivity contribution in [1.82, 2.24) is 5.32 Å². The Morgan fingerprint density at radius 1 is 0.784 bits per heavy atom. The van der Waals surface area contributed by atoms with E-state index in [0.717, 1.165) is 22.3 Å². The monoisotopic (exact) mass is 513 g/mol. The highest BCUT2D eigenvalue weighted by Gasteiger charge is 2.45. The van der Waals surface area contributed by atoms with Crippen molar-refractivity contribution in [2.24, 2.45) is 0 Å². The first-order chi connectivity index (χ1) is 18.0. The largest absolute Gasteiger partial charge is 0.495 e. The molecule has 0 spiro atoms. The smallest absolute Gasteiger partial charge is 0.328 e. The van der Waals surface area contributed by atoms with Crippen molar-refractivity contribution in [3.05, 3.63) is 136 Å². The molecular weight excluding hydrogens is 486 g/mol. The molecule has 0 aliphatic rings. The minimum atomic E-state index is -1.21. The Morgan fingerprint density at radius 3 is 1.68 bits per heavy atom. The number of amides is 1. The van der Waals surface area contributed by atoms with E-state index in [1.54, 1.807) is 12.1 Å². The zero-order chi connectivity index (χ0) is 26.3. The molecule has 0 heterocycles. The molecule has 0 saturated carbocycles. The lowest BCUT2D eigenvalue weighted by Gasteiger charge is -2.35. The number of methoxy groups -OCH3 is 2. The molecule has 0 fully saturated rings. The SMILES string of the molecule is COC(=O)[C@@H](Cc1ccc(OC)c(Cl)c1)NC(=O)C(c1ccccc1)(c1ccccc1)c1ccccc1. The zero-order valence-electron chi connectivity index (χ0n) is 20.7. The third-order valence-electron chi connectivity index (χ3n) is 6.41. The van der Waals surface area contributed by atoms with Crippen LogP contribution in [0.25, 0.3) is 0 Å². The number of halogens is 1. The van der Waals surface area contributed by atoms with Crippen LogP contribution in [-0.2, 0) is 26.2 Å². The Hall–Kier alpha value is -4.09. The summed E-state index contributed by atoms with van der Waals surface area (Å²) >= 11 is 6.32. The third kappa shape index (κ3) is 5.37. The van der Waals surface area contributed by atoms with E-state index in [-0.39, 0.29) is 12.3 Å². The quantitative estimate of drug-likeness (QED) is 0.234. The van der Waals surface area contributed by atoms with E-state index in [0.29, 0.717) is 10.8 Å². The van der Waals surface area contributed by atoms with Crippen molar-refractivity contribution in [3.8, 4) is 5.75 Å². The molecule has 0 saturated heterocycles. The maximum Gasteiger partial charge on any atom is 0.328 e.